The first-order chi connectivity index (χ1) is 52.1. The molecule has 16 nitrogen and oxygen atoms in total. The highest BCUT2D eigenvalue weighted by molar-refractivity contribution is 5.77. The summed E-state index contributed by atoms with van der Waals surface area (Å²) in [6.07, 6.45) is 33.9. The van der Waals surface area contributed by atoms with Crippen molar-refractivity contribution in [1.29, 1.82) is 0 Å². The van der Waals surface area contributed by atoms with Gasteiger partial charge in [-0.1, -0.05) is 165 Å². The minimum absolute atomic E-state index is 0. The molecule has 16 rings (SSSR count). The zero-order valence-corrected chi connectivity index (χ0v) is 74.7. The first-order valence-corrected chi connectivity index (χ1v) is 46.0. The summed E-state index contributed by atoms with van der Waals surface area (Å²) < 4.78 is 57.5. The van der Waals surface area contributed by atoms with E-state index in [1.807, 2.05) is 173 Å². The van der Waals surface area contributed by atoms with E-state index in [1.165, 1.54) is 128 Å². The molecule has 0 heterocycles. The second-order valence-corrected chi connectivity index (χ2v) is 41.8. The number of hydrogen-bond donors (Lipinski definition) is 0. The largest absolute Gasteiger partial charge is 0.459 e. The third kappa shape index (κ3) is 31.2. The summed E-state index contributed by atoms with van der Waals surface area (Å²) in [5.41, 5.74) is -1.82. The minimum atomic E-state index is -0.415. The van der Waals surface area contributed by atoms with Gasteiger partial charge in [-0.2, -0.15) is 0 Å². The van der Waals surface area contributed by atoms with Gasteiger partial charge in [-0.3, -0.25) is 28.8 Å². The van der Waals surface area contributed by atoms with E-state index in [9.17, 15) is 28.8 Å². The third-order valence-corrected chi connectivity index (χ3v) is 32.0. The molecule has 21 unspecified atom stereocenters. The van der Waals surface area contributed by atoms with Crippen molar-refractivity contribution in [3.05, 3.63) is 0 Å². The molecule has 0 aliphatic heterocycles. The average molecular weight is 1750 g/mol. The molecule has 0 aromatic heterocycles. The molecule has 0 radical (unpaired) electrons. The van der Waals surface area contributed by atoms with E-state index in [-0.39, 0.29) is 172 Å². The molecule has 16 saturated carbocycles. The molecule has 16 fully saturated rings. The summed E-state index contributed by atoms with van der Waals surface area (Å²) in [5.74, 6) is 17.1. The maximum atomic E-state index is 12.2. The van der Waals surface area contributed by atoms with Crippen LogP contribution in [0.4, 0.5) is 0 Å². The van der Waals surface area contributed by atoms with Crippen molar-refractivity contribution in [2.45, 2.75) is 503 Å². The highest BCUT2D eigenvalue weighted by Gasteiger charge is 2.65. The molecule has 0 spiro atoms. The molecule has 734 valence electrons. The van der Waals surface area contributed by atoms with Gasteiger partial charge in [0.25, 0.3) is 0 Å². The molecule has 0 aromatic carbocycles. The van der Waals surface area contributed by atoms with Gasteiger partial charge >= 0.3 is 35.8 Å². The zero-order chi connectivity index (χ0) is 81.7. The van der Waals surface area contributed by atoms with E-state index < -0.39 is 23.4 Å². The molecule has 0 saturated heterocycles. The third-order valence-electron chi connectivity index (χ3n) is 32.0. The molecule has 16 heteroatoms. The monoisotopic (exact) mass is 1750 g/mol. The van der Waals surface area contributed by atoms with Gasteiger partial charge in [0.1, 0.15) is 11.2 Å². The molecule has 16 aliphatic carbocycles. The van der Waals surface area contributed by atoms with Gasteiger partial charge in [0.2, 0.25) is 0 Å². The number of ether oxygens (including phenoxy) is 10. The van der Waals surface area contributed by atoms with Gasteiger partial charge in [-0.25, -0.2) is 0 Å². The Bertz CT molecular complexity index is 2970. The fourth-order valence-corrected chi connectivity index (χ4v) is 23.6. The Balaban J connectivity index is -0.000000687. The first kappa shape index (κ1) is 126. The van der Waals surface area contributed by atoms with Crippen molar-refractivity contribution < 1.29 is 76.1 Å². The van der Waals surface area contributed by atoms with Crippen molar-refractivity contribution >= 4 is 35.8 Å². The van der Waals surface area contributed by atoms with E-state index >= 15 is 0 Å². The van der Waals surface area contributed by atoms with Gasteiger partial charge in [-0.05, 0) is 395 Å². The molecule has 0 N–H and O–H groups in total. The van der Waals surface area contributed by atoms with Gasteiger partial charge in [0.05, 0.1) is 58.4 Å². The van der Waals surface area contributed by atoms with Crippen LogP contribution in [0.25, 0.3) is 0 Å². The summed E-state index contributed by atoms with van der Waals surface area (Å²) >= 11 is 0. The standard InChI is InChI=1S/C20H32O3.C19H30O3.C18H30O3.C17H28O3.C11H22O2.C10H20O2.12CH4/c1-5-20(3,4)19(21)23-11(2)22-16-10-14-9-15(16)18-13-7-6-12(8-13)17(14)18;1-4-10(2)19(20)22-11(3)21-16-9-14-8-15(16)18-13-6-5-12(7-13)17(14)18;1-5-18(3,4)17(19)21-11(2)20-16-14-7-12-6-13(9-14)10-15(16)8-12;1-4-10(2)17(18)20-11(3)19-16-14-6-12-5-13(8-14)9-15(16)7-12;1-7-10(3,4)9(12)13-11(5,6)8-2;1-6-8(3)9(11)12-10(4,5)7-2;;;;;;;;;;;;/h11-18H,5-10H2,1-4H3;10-18H,4-9H2,1-3H3;11-16H,5-10H2,1-4H3;10-16H,4-9H2,1-3H3;7-8H2,1-6H3;8H,6-7H2,1-5H3;12*1H4. The number of esters is 6. The molecule has 16 bridgehead atoms. The molecular weight excluding hydrogens is 1540 g/mol. The lowest BCUT2D eigenvalue weighted by molar-refractivity contribution is -0.224. The van der Waals surface area contributed by atoms with Crippen LogP contribution >= 0.6 is 0 Å². The van der Waals surface area contributed by atoms with Crippen molar-refractivity contribution in [2.24, 2.45) is 152 Å². The average Bonchev–Trinajstić information content (AvgIpc) is 1.55. The van der Waals surface area contributed by atoms with Crippen LogP contribution in [-0.4, -0.2) is 96.6 Å². The quantitative estimate of drug-likeness (QED) is 0.0310. The lowest BCUT2D eigenvalue weighted by Crippen LogP contribution is -2.50. The van der Waals surface area contributed by atoms with E-state index in [0.717, 1.165) is 158 Å². The Kier molecular flexibility index (Phi) is 54.5. The maximum absolute atomic E-state index is 12.2. The fraction of sp³-hybridized carbons (Fsp3) is 0.944. The molecular formula is C107H210O16. The second kappa shape index (κ2) is 53.2. The normalized spacial score (nSPS) is 33.1. The van der Waals surface area contributed by atoms with Crippen molar-refractivity contribution in [3.8, 4) is 0 Å². The molecule has 123 heavy (non-hydrogen) atoms. The smallest absolute Gasteiger partial charge is 0.313 e. The van der Waals surface area contributed by atoms with Crippen LogP contribution in [0.5, 0.6) is 0 Å². The van der Waals surface area contributed by atoms with Gasteiger partial charge in [0, 0.05) is 0 Å². The zero-order valence-electron chi connectivity index (χ0n) is 74.7. The molecule has 16 aliphatic rings. The second-order valence-electron chi connectivity index (χ2n) is 41.8. The Morgan fingerprint density at radius 3 is 0.821 bits per heavy atom. The number of rotatable bonds is 28. The first-order valence-electron chi connectivity index (χ1n) is 46.0. The topological polar surface area (TPSA) is 195 Å². The number of hydrogen-bond acceptors (Lipinski definition) is 16. The summed E-state index contributed by atoms with van der Waals surface area (Å²) in [6, 6.07) is 0. The summed E-state index contributed by atoms with van der Waals surface area (Å²) in [7, 11) is 0. The number of fused-ring (bicyclic) bond motifs is 18. The molecule has 0 amide bonds. The van der Waals surface area contributed by atoms with Gasteiger partial charge in [-0.15, -0.1) is 0 Å². The highest BCUT2D eigenvalue weighted by Crippen LogP contribution is 2.69. The number of carbonyl (C=O) groups is 6. The van der Waals surface area contributed by atoms with Crippen molar-refractivity contribution in [1.82, 2.24) is 0 Å². The van der Waals surface area contributed by atoms with E-state index in [0.29, 0.717) is 36.3 Å². The predicted octanol–water partition coefficient (Wildman–Crippen LogP) is 29.9. The van der Waals surface area contributed by atoms with Gasteiger partial charge < -0.3 is 47.4 Å². The Morgan fingerprint density at radius 2 is 0.528 bits per heavy atom. The Labute approximate surface area is 763 Å². The van der Waals surface area contributed by atoms with E-state index in [1.54, 1.807) is 0 Å². The molecule has 0 aromatic rings. The summed E-state index contributed by atoms with van der Waals surface area (Å²) in [6.45, 7) is 48.7. The SMILES string of the molecule is C.C.C.C.C.C.C.C.C.C.C.C.CCC(C)(C)C(=O)OC(C)OC1C2CC3CC(C2)CC1C3.CCC(C)(C)C(=O)OC(C)OC1CC2CC1C1C3CCC(C3)C21.CCC(C)(C)OC(=O)C(C)(C)CC.CCC(C)C(=O)OC(C)(C)CC.CCC(C)C(=O)OC(C)OC1C2CC3CC(C2)CC1C3.CCC(C)C(=O)OC(C)OC1CC2CC1C1C3CCC(C3)C21. The Hall–Kier alpha value is -3.34. The van der Waals surface area contributed by atoms with Gasteiger partial charge in [0.15, 0.2) is 25.2 Å². The summed E-state index contributed by atoms with van der Waals surface area (Å²) in [5, 5.41) is 0. The van der Waals surface area contributed by atoms with E-state index in [2.05, 4.69) is 0 Å². The maximum Gasteiger partial charge on any atom is 0.313 e. The van der Waals surface area contributed by atoms with Crippen LogP contribution in [0.3, 0.4) is 0 Å². The van der Waals surface area contributed by atoms with Crippen LogP contribution in [0.2, 0.25) is 0 Å². The van der Waals surface area contributed by atoms with Crippen LogP contribution in [0, 0.1) is 152 Å². The van der Waals surface area contributed by atoms with Crippen LogP contribution < -0.4 is 0 Å². The highest BCUT2D eigenvalue weighted by atomic mass is 16.7. The predicted molar refractivity (Wildman–Crippen MR) is 516 cm³/mol. The molecule has 21 atom stereocenters. The summed E-state index contributed by atoms with van der Waals surface area (Å²) in [4.78, 5) is 71.1. The lowest BCUT2D eigenvalue weighted by Gasteiger charge is -2.54. The van der Waals surface area contributed by atoms with E-state index in [4.69, 9.17) is 47.4 Å². The lowest BCUT2D eigenvalue weighted by atomic mass is 9.55. The number of carbonyl (C=O) groups excluding carboxylic acids is 6. The minimum Gasteiger partial charge on any atom is -0.459 e. The van der Waals surface area contributed by atoms with Crippen LogP contribution in [0.1, 0.15) is 442 Å². The van der Waals surface area contributed by atoms with Crippen molar-refractivity contribution in [2.75, 3.05) is 0 Å². The van der Waals surface area contributed by atoms with Crippen LogP contribution in [-0.2, 0) is 76.1 Å². The Morgan fingerprint density at radius 1 is 0.268 bits per heavy atom. The van der Waals surface area contributed by atoms with Crippen molar-refractivity contribution in [3.63, 3.8) is 0 Å². The fourth-order valence-electron chi connectivity index (χ4n) is 23.6. The van der Waals surface area contributed by atoms with Crippen LogP contribution in [0.15, 0.2) is 0 Å².